The van der Waals surface area contributed by atoms with Gasteiger partial charge in [-0.15, -0.1) is 12.4 Å². The average Bonchev–Trinajstić information content (AvgIpc) is 2.53. The Morgan fingerprint density at radius 1 is 1.27 bits per heavy atom. The van der Waals surface area contributed by atoms with Crippen molar-refractivity contribution >= 4 is 18.1 Å². The van der Waals surface area contributed by atoms with Crippen LogP contribution in [0.15, 0.2) is 36.7 Å². The van der Waals surface area contributed by atoms with Gasteiger partial charge in [0.2, 0.25) is 5.75 Å². The molecule has 2 aromatic rings. The molecule has 0 amide bonds. The molecule has 7 nitrogen and oxygen atoms in total. The van der Waals surface area contributed by atoms with Gasteiger partial charge in [-0.1, -0.05) is 6.07 Å². The zero-order valence-corrected chi connectivity index (χ0v) is 12.2. The number of rotatable bonds is 4. The highest BCUT2D eigenvalue weighted by atomic mass is 35.5. The second kappa shape index (κ2) is 6.95. The highest BCUT2D eigenvalue weighted by Crippen LogP contribution is 2.40. The summed E-state index contributed by atoms with van der Waals surface area (Å²) < 4.78 is 16.3. The van der Waals surface area contributed by atoms with E-state index < -0.39 is 4.92 Å². The molecule has 1 aromatic carbocycles. The van der Waals surface area contributed by atoms with E-state index in [1.165, 1.54) is 12.1 Å². The third-order valence-corrected chi connectivity index (χ3v) is 2.94. The molecule has 0 radical (unpaired) electrons. The minimum Gasteiger partial charge on any atom is -0.486 e. The van der Waals surface area contributed by atoms with Gasteiger partial charge in [0.25, 0.3) is 0 Å². The molecule has 0 aliphatic carbocycles. The van der Waals surface area contributed by atoms with E-state index in [9.17, 15) is 10.1 Å². The third kappa shape index (κ3) is 3.37. The molecule has 0 N–H and O–H groups in total. The van der Waals surface area contributed by atoms with Gasteiger partial charge in [0.05, 0.1) is 11.0 Å². The molecular weight excluding hydrogens is 312 g/mol. The molecule has 1 aliphatic rings. The number of benzene rings is 1. The second-order valence-electron chi connectivity index (χ2n) is 4.37. The minimum atomic E-state index is -0.503. The van der Waals surface area contributed by atoms with Gasteiger partial charge in [-0.05, 0) is 6.07 Å². The number of nitro benzene ring substituents is 1. The Hall–Kier alpha value is -2.54. The SMILES string of the molecule is Cl.O=[N+]([O-])c1cc2c(cc1OCc1cccnc1)OCCO2. The molecule has 1 aliphatic heterocycles. The predicted molar refractivity (Wildman–Crippen MR) is 79.9 cm³/mol. The lowest BCUT2D eigenvalue weighted by Gasteiger charge is -2.19. The topological polar surface area (TPSA) is 83.7 Å². The molecule has 8 heteroatoms. The van der Waals surface area contributed by atoms with Crippen molar-refractivity contribution in [2.45, 2.75) is 6.61 Å². The summed E-state index contributed by atoms with van der Waals surface area (Å²) in [6.45, 7) is 0.973. The summed E-state index contributed by atoms with van der Waals surface area (Å²) in [5, 5.41) is 11.1. The Bertz CT molecular complexity index is 666. The van der Waals surface area contributed by atoms with Crippen LogP contribution in [0.25, 0.3) is 0 Å². The Morgan fingerprint density at radius 3 is 2.64 bits per heavy atom. The Balaban J connectivity index is 0.00000176. The van der Waals surface area contributed by atoms with Crippen LogP contribution < -0.4 is 14.2 Å². The van der Waals surface area contributed by atoms with Crippen LogP contribution in [0.3, 0.4) is 0 Å². The van der Waals surface area contributed by atoms with E-state index in [1.54, 1.807) is 18.5 Å². The van der Waals surface area contributed by atoms with Crippen molar-refractivity contribution in [3.63, 3.8) is 0 Å². The molecule has 1 aromatic heterocycles. The molecule has 0 spiro atoms. The molecular formula is C14H13ClN2O5. The molecule has 116 valence electrons. The summed E-state index contributed by atoms with van der Waals surface area (Å²) >= 11 is 0. The molecule has 0 saturated heterocycles. The summed E-state index contributed by atoms with van der Waals surface area (Å²) in [7, 11) is 0. The fraction of sp³-hybridized carbons (Fsp3) is 0.214. The van der Waals surface area contributed by atoms with E-state index in [4.69, 9.17) is 14.2 Å². The average molecular weight is 325 g/mol. The number of nitrogens with zero attached hydrogens (tertiary/aromatic N) is 2. The van der Waals surface area contributed by atoms with Gasteiger partial charge in [0.1, 0.15) is 19.8 Å². The number of fused-ring (bicyclic) bond motifs is 1. The number of hydrogen-bond donors (Lipinski definition) is 0. The lowest BCUT2D eigenvalue weighted by Crippen LogP contribution is -2.15. The maximum Gasteiger partial charge on any atom is 0.314 e. The van der Waals surface area contributed by atoms with E-state index in [1.807, 2.05) is 6.07 Å². The number of hydrogen-bond acceptors (Lipinski definition) is 6. The van der Waals surface area contributed by atoms with Crippen LogP contribution in [-0.2, 0) is 6.61 Å². The number of aromatic nitrogens is 1. The number of ether oxygens (including phenoxy) is 3. The van der Waals surface area contributed by atoms with Crippen LogP contribution in [-0.4, -0.2) is 23.1 Å². The highest BCUT2D eigenvalue weighted by Gasteiger charge is 2.23. The van der Waals surface area contributed by atoms with Gasteiger partial charge in [-0.3, -0.25) is 15.1 Å². The van der Waals surface area contributed by atoms with Crippen LogP contribution in [0.1, 0.15) is 5.56 Å². The van der Waals surface area contributed by atoms with Gasteiger partial charge >= 0.3 is 5.69 Å². The Labute approximate surface area is 132 Å². The monoisotopic (exact) mass is 324 g/mol. The summed E-state index contributed by atoms with van der Waals surface area (Å²) in [6.07, 6.45) is 3.29. The predicted octanol–water partition coefficient (Wildman–Crippen LogP) is 2.76. The first kappa shape index (κ1) is 15.8. The first-order chi connectivity index (χ1) is 10.2. The molecule has 2 heterocycles. The highest BCUT2D eigenvalue weighted by molar-refractivity contribution is 5.85. The molecule has 0 unspecified atom stereocenters. The first-order valence-corrected chi connectivity index (χ1v) is 6.34. The fourth-order valence-corrected chi connectivity index (χ4v) is 1.96. The molecule has 0 saturated carbocycles. The van der Waals surface area contributed by atoms with E-state index in [0.717, 1.165) is 5.56 Å². The van der Waals surface area contributed by atoms with Crippen molar-refractivity contribution < 1.29 is 19.1 Å². The van der Waals surface area contributed by atoms with Crippen LogP contribution in [0, 0.1) is 10.1 Å². The smallest absolute Gasteiger partial charge is 0.314 e. The van der Waals surface area contributed by atoms with Crippen molar-refractivity contribution in [1.29, 1.82) is 0 Å². The summed E-state index contributed by atoms with van der Waals surface area (Å²) in [5.74, 6) is 0.961. The van der Waals surface area contributed by atoms with Crippen molar-refractivity contribution in [3.8, 4) is 17.2 Å². The quantitative estimate of drug-likeness (QED) is 0.635. The largest absolute Gasteiger partial charge is 0.486 e. The maximum atomic E-state index is 11.1. The van der Waals surface area contributed by atoms with E-state index in [-0.39, 0.29) is 30.5 Å². The zero-order chi connectivity index (χ0) is 14.7. The zero-order valence-electron chi connectivity index (χ0n) is 11.4. The minimum absolute atomic E-state index is 0. The number of pyridine rings is 1. The van der Waals surface area contributed by atoms with Crippen LogP contribution >= 0.6 is 12.4 Å². The van der Waals surface area contributed by atoms with Gasteiger partial charge in [0.15, 0.2) is 11.5 Å². The standard InChI is InChI=1S/C14H12N2O5.ClH/c17-16(18)11-6-13-14(20-5-4-19-13)7-12(11)21-9-10-2-1-3-15-8-10;/h1-3,6-8H,4-5,9H2;1H. The molecule has 22 heavy (non-hydrogen) atoms. The summed E-state index contributed by atoms with van der Waals surface area (Å²) in [4.78, 5) is 14.6. The lowest BCUT2D eigenvalue weighted by molar-refractivity contribution is -0.386. The molecule has 0 bridgehead atoms. The van der Waals surface area contributed by atoms with Crippen LogP contribution in [0.4, 0.5) is 5.69 Å². The van der Waals surface area contributed by atoms with Crippen molar-refractivity contribution in [2.24, 2.45) is 0 Å². The van der Waals surface area contributed by atoms with Gasteiger partial charge < -0.3 is 14.2 Å². The van der Waals surface area contributed by atoms with Crippen molar-refractivity contribution in [1.82, 2.24) is 4.98 Å². The van der Waals surface area contributed by atoms with Crippen LogP contribution in [0.5, 0.6) is 17.2 Å². The fourth-order valence-electron chi connectivity index (χ4n) is 1.96. The van der Waals surface area contributed by atoms with Crippen molar-refractivity contribution in [3.05, 3.63) is 52.3 Å². The first-order valence-electron chi connectivity index (χ1n) is 6.34. The number of nitro groups is 1. The number of halogens is 1. The molecule has 3 rings (SSSR count). The Morgan fingerprint density at radius 2 is 2.00 bits per heavy atom. The van der Waals surface area contributed by atoms with E-state index in [0.29, 0.717) is 24.7 Å². The maximum absolute atomic E-state index is 11.1. The van der Waals surface area contributed by atoms with Gasteiger partial charge in [0, 0.05) is 24.0 Å². The third-order valence-electron chi connectivity index (χ3n) is 2.94. The summed E-state index contributed by atoms with van der Waals surface area (Å²) in [6, 6.07) is 6.42. The van der Waals surface area contributed by atoms with Crippen molar-refractivity contribution in [2.75, 3.05) is 13.2 Å². The lowest BCUT2D eigenvalue weighted by atomic mass is 10.2. The van der Waals surface area contributed by atoms with E-state index in [2.05, 4.69) is 4.98 Å². The Kier molecular flexibility index (Phi) is 5.00. The molecule has 0 atom stereocenters. The van der Waals surface area contributed by atoms with E-state index >= 15 is 0 Å². The normalized spacial score (nSPS) is 12.2. The molecule has 0 fully saturated rings. The van der Waals surface area contributed by atoms with Gasteiger partial charge in [-0.2, -0.15) is 0 Å². The van der Waals surface area contributed by atoms with Crippen LogP contribution in [0.2, 0.25) is 0 Å². The summed E-state index contributed by atoms with van der Waals surface area (Å²) in [5.41, 5.74) is 0.671. The van der Waals surface area contributed by atoms with Gasteiger partial charge in [-0.25, -0.2) is 0 Å². The second-order valence-corrected chi connectivity index (χ2v) is 4.37.